The fourth-order valence-corrected chi connectivity index (χ4v) is 2.08. The first-order chi connectivity index (χ1) is 8.10. The number of hydrogen-bond donors (Lipinski definition) is 0. The lowest BCUT2D eigenvalue weighted by Gasteiger charge is -2.28. The Morgan fingerprint density at radius 3 is 3.06 bits per heavy atom. The van der Waals surface area contributed by atoms with Gasteiger partial charge in [0.15, 0.2) is 0 Å². The van der Waals surface area contributed by atoms with Gasteiger partial charge in [0.05, 0.1) is 0 Å². The van der Waals surface area contributed by atoms with Gasteiger partial charge in [0.2, 0.25) is 5.60 Å². The van der Waals surface area contributed by atoms with E-state index in [2.05, 4.69) is 4.74 Å². The molecule has 0 bridgehead atoms. The lowest BCUT2D eigenvalue weighted by molar-refractivity contribution is -0.167. The summed E-state index contributed by atoms with van der Waals surface area (Å²) in [6, 6.07) is 0. The van der Waals surface area contributed by atoms with E-state index in [1.54, 1.807) is 13.0 Å². The Bertz CT molecular complexity index is 434. The van der Waals surface area contributed by atoms with Crippen LogP contribution in [-0.2, 0) is 23.9 Å². The molecule has 2 atom stereocenters. The topological polar surface area (TPSA) is 69.7 Å². The fraction of sp³-hybridized carbons (Fsp3) is 0.417. The lowest BCUT2D eigenvalue weighted by Crippen LogP contribution is -2.45. The van der Waals surface area contributed by atoms with Gasteiger partial charge in [-0.3, -0.25) is 4.79 Å². The SMILES string of the molecule is CC=CC(=O)OC12C=CCCC1C(=O)OC2=O. The molecule has 2 aliphatic rings. The Labute approximate surface area is 98.1 Å². The Hall–Kier alpha value is -1.91. The van der Waals surface area contributed by atoms with E-state index in [4.69, 9.17) is 4.74 Å². The summed E-state index contributed by atoms with van der Waals surface area (Å²) >= 11 is 0. The van der Waals surface area contributed by atoms with Crippen LogP contribution in [0.3, 0.4) is 0 Å². The zero-order valence-electron chi connectivity index (χ0n) is 9.34. The molecule has 1 fully saturated rings. The predicted octanol–water partition coefficient (Wildman–Crippen LogP) is 0.894. The highest BCUT2D eigenvalue weighted by Gasteiger charge is 2.60. The van der Waals surface area contributed by atoms with Crippen molar-refractivity contribution in [1.82, 2.24) is 0 Å². The number of fused-ring (bicyclic) bond motifs is 1. The fourth-order valence-electron chi connectivity index (χ4n) is 2.08. The van der Waals surface area contributed by atoms with Crippen molar-refractivity contribution in [2.24, 2.45) is 5.92 Å². The van der Waals surface area contributed by atoms with Crippen molar-refractivity contribution in [1.29, 1.82) is 0 Å². The van der Waals surface area contributed by atoms with E-state index < -0.39 is 29.4 Å². The van der Waals surface area contributed by atoms with Gasteiger partial charge in [0.25, 0.3) is 0 Å². The molecule has 90 valence electrons. The predicted molar refractivity (Wildman–Crippen MR) is 56.6 cm³/mol. The highest BCUT2D eigenvalue weighted by atomic mass is 16.6. The molecule has 0 N–H and O–H groups in total. The maximum atomic E-state index is 11.7. The molecule has 0 spiro atoms. The Kier molecular flexibility index (Phi) is 2.83. The zero-order valence-corrected chi connectivity index (χ0v) is 9.34. The Morgan fingerprint density at radius 2 is 2.35 bits per heavy atom. The molecule has 1 heterocycles. The number of allylic oxidation sites excluding steroid dienone is 2. The number of esters is 3. The van der Waals surface area contributed by atoms with Crippen LogP contribution < -0.4 is 0 Å². The molecule has 1 aliphatic carbocycles. The first kappa shape index (κ1) is 11.6. The van der Waals surface area contributed by atoms with Crippen molar-refractivity contribution in [3.05, 3.63) is 24.3 Å². The highest BCUT2D eigenvalue weighted by molar-refractivity contribution is 6.04. The van der Waals surface area contributed by atoms with E-state index in [1.807, 2.05) is 0 Å². The number of ether oxygens (including phenoxy) is 2. The number of hydrogen-bond acceptors (Lipinski definition) is 5. The molecule has 5 heteroatoms. The third-order valence-corrected chi connectivity index (χ3v) is 2.87. The van der Waals surface area contributed by atoms with Crippen LogP contribution >= 0.6 is 0 Å². The molecule has 1 aliphatic heterocycles. The molecule has 0 amide bonds. The summed E-state index contributed by atoms with van der Waals surface area (Å²) in [5.74, 6) is -2.79. The first-order valence-corrected chi connectivity index (χ1v) is 5.39. The third kappa shape index (κ3) is 1.77. The molecule has 5 nitrogen and oxygen atoms in total. The molecule has 0 aromatic heterocycles. The van der Waals surface area contributed by atoms with E-state index >= 15 is 0 Å². The summed E-state index contributed by atoms with van der Waals surface area (Å²) in [5.41, 5.74) is -1.55. The maximum absolute atomic E-state index is 11.7. The molecule has 17 heavy (non-hydrogen) atoms. The number of carbonyl (C=O) groups excluding carboxylic acids is 3. The summed E-state index contributed by atoms with van der Waals surface area (Å²) in [4.78, 5) is 34.6. The molecular weight excluding hydrogens is 224 g/mol. The van der Waals surface area contributed by atoms with Gasteiger partial charge in [-0.05, 0) is 25.8 Å². The standard InChI is InChI=1S/C12H12O5/c1-2-5-9(13)17-12-7-4-3-6-8(12)10(14)16-11(12)15/h2,4-5,7-8H,3,6H2,1H3. The normalized spacial score (nSPS) is 31.5. The van der Waals surface area contributed by atoms with Crippen molar-refractivity contribution in [3.8, 4) is 0 Å². The van der Waals surface area contributed by atoms with Crippen molar-refractivity contribution in [3.63, 3.8) is 0 Å². The van der Waals surface area contributed by atoms with Crippen molar-refractivity contribution in [2.45, 2.75) is 25.4 Å². The smallest absolute Gasteiger partial charge is 0.363 e. The average molecular weight is 236 g/mol. The zero-order chi connectivity index (χ0) is 12.5. The molecule has 2 rings (SSSR count). The van der Waals surface area contributed by atoms with Gasteiger partial charge in [-0.15, -0.1) is 0 Å². The second-order valence-electron chi connectivity index (χ2n) is 3.96. The summed E-state index contributed by atoms with van der Waals surface area (Å²) in [6.07, 6.45) is 6.99. The van der Waals surface area contributed by atoms with Gasteiger partial charge in [-0.2, -0.15) is 0 Å². The largest absolute Gasteiger partial charge is 0.439 e. The Morgan fingerprint density at radius 1 is 1.59 bits per heavy atom. The van der Waals surface area contributed by atoms with E-state index in [0.717, 1.165) is 0 Å². The van der Waals surface area contributed by atoms with E-state index in [9.17, 15) is 14.4 Å². The van der Waals surface area contributed by atoms with Gasteiger partial charge in [-0.1, -0.05) is 12.2 Å². The van der Waals surface area contributed by atoms with E-state index in [1.165, 1.54) is 18.2 Å². The van der Waals surface area contributed by atoms with Crippen LogP contribution in [0.1, 0.15) is 19.8 Å². The lowest BCUT2D eigenvalue weighted by atomic mass is 9.81. The van der Waals surface area contributed by atoms with E-state index in [0.29, 0.717) is 12.8 Å². The van der Waals surface area contributed by atoms with Crippen LogP contribution in [0.25, 0.3) is 0 Å². The van der Waals surface area contributed by atoms with Crippen LogP contribution in [0, 0.1) is 5.92 Å². The van der Waals surface area contributed by atoms with Crippen LogP contribution in [0.4, 0.5) is 0 Å². The van der Waals surface area contributed by atoms with Crippen molar-refractivity contribution in [2.75, 3.05) is 0 Å². The summed E-state index contributed by atoms with van der Waals surface area (Å²) in [6.45, 7) is 1.66. The van der Waals surface area contributed by atoms with E-state index in [-0.39, 0.29) is 0 Å². The number of rotatable bonds is 2. The van der Waals surface area contributed by atoms with Crippen molar-refractivity contribution < 1.29 is 23.9 Å². The average Bonchev–Trinajstić information content (AvgIpc) is 2.52. The van der Waals surface area contributed by atoms with Gasteiger partial charge in [0.1, 0.15) is 5.92 Å². The summed E-state index contributed by atoms with van der Waals surface area (Å²) in [5, 5.41) is 0. The van der Waals surface area contributed by atoms with Gasteiger partial charge in [-0.25, -0.2) is 9.59 Å². The van der Waals surface area contributed by atoms with Crippen molar-refractivity contribution >= 4 is 17.9 Å². The number of carbonyl (C=O) groups is 3. The van der Waals surface area contributed by atoms with Gasteiger partial charge >= 0.3 is 17.9 Å². The molecule has 0 aromatic rings. The second-order valence-corrected chi connectivity index (χ2v) is 3.96. The molecule has 0 radical (unpaired) electrons. The number of cyclic esters (lactones) is 2. The van der Waals surface area contributed by atoms with Crippen LogP contribution in [0.15, 0.2) is 24.3 Å². The molecule has 0 aromatic carbocycles. The third-order valence-electron chi connectivity index (χ3n) is 2.87. The highest BCUT2D eigenvalue weighted by Crippen LogP contribution is 2.39. The quantitative estimate of drug-likeness (QED) is 0.308. The van der Waals surface area contributed by atoms with Crippen LogP contribution in [-0.4, -0.2) is 23.5 Å². The first-order valence-electron chi connectivity index (χ1n) is 5.39. The molecular formula is C12H12O5. The molecule has 1 saturated heterocycles. The minimum Gasteiger partial charge on any atom is -0.439 e. The Balaban J connectivity index is 2.33. The monoisotopic (exact) mass is 236 g/mol. The maximum Gasteiger partial charge on any atom is 0.363 e. The van der Waals surface area contributed by atoms with Gasteiger partial charge < -0.3 is 9.47 Å². The molecule has 2 unspecified atom stereocenters. The van der Waals surface area contributed by atoms with Crippen LogP contribution in [0.2, 0.25) is 0 Å². The second kappa shape index (κ2) is 4.16. The summed E-state index contributed by atoms with van der Waals surface area (Å²) < 4.78 is 9.68. The summed E-state index contributed by atoms with van der Waals surface area (Å²) in [7, 11) is 0. The van der Waals surface area contributed by atoms with Crippen LogP contribution in [0.5, 0.6) is 0 Å². The minimum atomic E-state index is -1.55. The minimum absolute atomic E-state index is 0.449. The molecule has 0 saturated carbocycles. The van der Waals surface area contributed by atoms with Gasteiger partial charge in [0, 0.05) is 6.08 Å².